The number of carbonyl (C=O) groups excluding carboxylic acids is 2. The highest BCUT2D eigenvalue weighted by atomic mass is 35.5. The second kappa shape index (κ2) is 6.19. The molecule has 0 bridgehead atoms. The Balaban J connectivity index is 1.61. The summed E-state index contributed by atoms with van der Waals surface area (Å²) in [7, 11) is 0. The number of carbonyl (C=O) groups is 2. The molecule has 128 valence electrons. The molecule has 0 aromatic heterocycles. The minimum Gasteiger partial charge on any atom is -0.338 e. The summed E-state index contributed by atoms with van der Waals surface area (Å²) in [6, 6.07) is 14.9. The Bertz CT molecular complexity index is 851. The van der Waals surface area contributed by atoms with Crippen LogP contribution in [-0.2, 0) is 11.2 Å². The zero-order valence-corrected chi connectivity index (χ0v) is 14.6. The smallest absolute Gasteiger partial charge is 0.253 e. The monoisotopic (exact) mass is 354 g/mol. The second-order valence-corrected chi connectivity index (χ2v) is 7.35. The third-order valence-electron chi connectivity index (χ3n) is 5.21. The Morgan fingerprint density at radius 1 is 1.16 bits per heavy atom. The summed E-state index contributed by atoms with van der Waals surface area (Å²) >= 11 is 6.01. The molecule has 0 saturated carbocycles. The fourth-order valence-electron chi connectivity index (χ4n) is 3.93. The number of rotatable bonds is 1. The molecule has 5 heteroatoms. The fourth-order valence-corrected chi connectivity index (χ4v) is 4.13. The van der Waals surface area contributed by atoms with Gasteiger partial charge in [0, 0.05) is 29.4 Å². The first-order valence-electron chi connectivity index (χ1n) is 8.52. The molecule has 1 atom stereocenters. The number of halogens is 1. The summed E-state index contributed by atoms with van der Waals surface area (Å²) in [4.78, 5) is 27.5. The highest BCUT2D eigenvalue weighted by molar-refractivity contribution is 6.30. The van der Waals surface area contributed by atoms with E-state index < -0.39 is 5.41 Å². The van der Waals surface area contributed by atoms with E-state index in [1.54, 1.807) is 29.2 Å². The number of hydrogen-bond donors (Lipinski definition) is 1. The van der Waals surface area contributed by atoms with Crippen LogP contribution in [0.3, 0.4) is 0 Å². The first kappa shape index (κ1) is 16.2. The molecule has 2 aliphatic rings. The van der Waals surface area contributed by atoms with Crippen molar-refractivity contribution >= 4 is 29.1 Å². The van der Waals surface area contributed by atoms with Gasteiger partial charge < -0.3 is 10.2 Å². The molecular formula is C20H19ClN2O2. The van der Waals surface area contributed by atoms with E-state index in [0.29, 0.717) is 30.1 Å². The average Bonchev–Trinajstić information content (AvgIpc) is 2.62. The van der Waals surface area contributed by atoms with E-state index in [1.165, 1.54) is 0 Å². The van der Waals surface area contributed by atoms with Crippen LogP contribution in [0.25, 0.3) is 0 Å². The zero-order chi connectivity index (χ0) is 17.4. The predicted octanol–water partition coefficient (Wildman–Crippen LogP) is 3.76. The standard InChI is InChI=1S/C20H19ClN2O2/c21-16-7-3-6-14(11-16)18(24)23-10-4-9-20(13-23)12-15-5-1-2-8-17(15)22-19(20)25/h1-3,5-8,11H,4,9-10,12-13H2,(H,22,25). The van der Waals surface area contributed by atoms with Crippen molar-refractivity contribution < 1.29 is 9.59 Å². The van der Waals surface area contributed by atoms with Gasteiger partial charge in [0.1, 0.15) is 0 Å². The summed E-state index contributed by atoms with van der Waals surface area (Å²) in [5, 5.41) is 3.57. The number of nitrogens with one attached hydrogen (secondary N) is 1. The minimum atomic E-state index is -0.541. The molecule has 2 aliphatic heterocycles. The van der Waals surface area contributed by atoms with Gasteiger partial charge in [-0.3, -0.25) is 9.59 Å². The van der Waals surface area contributed by atoms with Gasteiger partial charge in [0.2, 0.25) is 5.91 Å². The molecule has 1 unspecified atom stereocenters. The van der Waals surface area contributed by atoms with Crippen molar-refractivity contribution in [2.75, 3.05) is 18.4 Å². The van der Waals surface area contributed by atoms with Crippen LogP contribution in [0.4, 0.5) is 5.69 Å². The molecule has 25 heavy (non-hydrogen) atoms. The highest BCUT2D eigenvalue weighted by Gasteiger charge is 2.46. The van der Waals surface area contributed by atoms with Crippen LogP contribution in [-0.4, -0.2) is 29.8 Å². The molecule has 1 N–H and O–H groups in total. The normalized spacial score (nSPS) is 22.4. The number of fused-ring (bicyclic) bond motifs is 1. The number of anilines is 1. The van der Waals surface area contributed by atoms with Crippen molar-refractivity contribution in [2.24, 2.45) is 5.41 Å². The topological polar surface area (TPSA) is 49.4 Å². The number of nitrogens with zero attached hydrogens (tertiary/aromatic N) is 1. The molecule has 2 aromatic carbocycles. The van der Waals surface area contributed by atoms with Gasteiger partial charge in [0.25, 0.3) is 5.91 Å². The summed E-state index contributed by atoms with van der Waals surface area (Å²) in [6.07, 6.45) is 2.29. The molecule has 2 heterocycles. The van der Waals surface area contributed by atoms with E-state index in [-0.39, 0.29) is 11.8 Å². The largest absolute Gasteiger partial charge is 0.338 e. The van der Waals surface area contributed by atoms with E-state index in [0.717, 1.165) is 24.1 Å². The van der Waals surface area contributed by atoms with E-state index in [9.17, 15) is 9.59 Å². The molecule has 4 nitrogen and oxygen atoms in total. The number of hydrogen-bond acceptors (Lipinski definition) is 2. The lowest BCUT2D eigenvalue weighted by Gasteiger charge is -2.44. The van der Waals surface area contributed by atoms with Gasteiger partial charge in [-0.15, -0.1) is 0 Å². The van der Waals surface area contributed by atoms with Gasteiger partial charge in [-0.25, -0.2) is 0 Å². The Morgan fingerprint density at radius 3 is 2.84 bits per heavy atom. The van der Waals surface area contributed by atoms with Crippen molar-refractivity contribution in [3.8, 4) is 0 Å². The molecule has 1 fully saturated rings. The Hall–Kier alpha value is -2.33. The quantitative estimate of drug-likeness (QED) is 0.847. The molecule has 0 radical (unpaired) electrons. The van der Waals surface area contributed by atoms with Gasteiger partial charge in [-0.05, 0) is 49.1 Å². The van der Waals surface area contributed by atoms with Crippen molar-refractivity contribution in [3.05, 3.63) is 64.7 Å². The number of benzene rings is 2. The fraction of sp³-hybridized carbons (Fsp3) is 0.300. The van der Waals surface area contributed by atoms with Crippen LogP contribution in [0, 0.1) is 5.41 Å². The average molecular weight is 355 g/mol. The third-order valence-corrected chi connectivity index (χ3v) is 5.45. The number of para-hydroxylation sites is 1. The van der Waals surface area contributed by atoms with E-state index in [1.807, 2.05) is 24.3 Å². The molecule has 2 aromatic rings. The lowest BCUT2D eigenvalue weighted by molar-refractivity contribution is -0.128. The van der Waals surface area contributed by atoms with Gasteiger partial charge in [-0.1, -0.05) is 35.9 Å². The summed E-state index contributed by atoms with van der Waals surface area (Å²) in [5.41, 5.74) is 2.05. The molecule has 4 rings (SSSR count). The van der Waals surface area contributed by atoms with Crippen LogP contribution in [0.2, 0.25) is 5.02 Å². The van der Waals surface area contributed by atoms with E-state index in [2.05, 4.69) is 5.32 Å². The maximum Gasteiger partial charge on any atom is 0.253 e. The summed E-state index contributed by atoms with van der Waals surface area (Å²) in [5.74, 6) is -0.0389. The Labute approximate surface area is 151 Å². The van der Waals surface area contributed by atoms with Crippen molar-refractivity contribution in [1.29, 1.82) is 0 Å². The summed E-state index contributed by atoms with van der Waals surface area (Å²) < 4.78 is 0. The van der Waals surface area contributed by atoms with Gasteiger partial charge in [0.05, 0.1) is 5.41 Å². The zero-order valence-electron chi connectivity index (χ0n) is 13.8. The first-order chi connectivity index (χ1) is 12.1. The minimum absolute atomic E-state index is 0.0230. The van der Waals surface area contributed by atoms with E-state index >= 15 is 0 Å². The Kier molecular flexibility index (Phi) is 4.00. The van der Waals surface area contributed by atoms with Crippen molar-refractivity contribution in [2.45, 2.75) is 19.3 Å². The molecule has 0 aliphatic carbocycles. The summed E-state index contributed by atoms with van der Waals surface area (Å²) in [6.45, 7) is 1.11. The number of amides is 2. The van der Waals surface area contributed by atoms with Crippen LogP contribution in [0.1, 0.15) is 28.8 Å². The number of likely N-dealkylation sites (tertiary alicyclic amines) is 1. The third kappa shape index (κ3) is 2.91. The lowest BCUT2D eigenvalue weighted by Crippen LogP contribution is -2.54. The van der Waals surface area contributed by atoms with Crippen molar-refractivity contribution in [3.63, 3.8) is 0 Å². The molecular weight excluding hydrogens is 336 g/mol. The lowest BCUT2D eigenvalue weighted by atomic mass is 9.72. The number of piperidine rings is 1. The SMILES string of the molecule is O=C(c1cccc(Cl)c1)N1CCCC2(Cc3ccccc3NC2=O)C1. The van der Waals surface area contributed by atoms with Gasteiger partial charge >= 0.3 is 0 Å². The van der Waals surface area contributed by atoms with E-state index in [4.69, 9.17) is 11.6 Å². The van der Waals surface area contributed by atoms with Crippen LogP contribution in [0.5, 0.6) is 0 Å². The predicted molar refractivity (Wildman–Crippen MR) is 97.8 cm³/mol. The van der Waals surface area contributed by atoms with Crippen LogP contribution in [0.15, 0.2) is 48.5 Å². The van der Waals surface area contributed by atoms with Crippen LogP contribution < -0.4 is 5.32 Å². The van der Waals surface area contributed by atoms with Gasteiger partial charge in [-0.2, -0.15) is 0 Å². The Morgan fingerprint density at radius 2 is 2.00 bits per heavy atom. The maximum absolute atomic E-state index is 12.9. The second-order valence-electron chi connectivity index (χ2n) is 6.91. The first-order valence-corrected chi connectivity index (χ1v) is 8.89. The van der Waals surface area contributed by atoms with Crippen LogP contribution >= 0.6 is 11.6 Å². The molecule has 2 amide bonds. The molecule has 1 saturated heterocycles. The van der Waals surface area contributed by atoms with Crippen molar-refractivity contribution in [1.82, 2.24) is 4.90 Å². The highest BCUT2D eigenvalue weighted by Crippen LogP contribution is 2.40. The maximum atomic E-state index is 12.9. The van der Waals surface area contributed by atoms with Gasteiger partial charge in [0.15, 0.2) is 0 Å². The molecule has 1 spiro atoms.